The quantitative estimate of drug-likeness (QED) is 0.787. The van der Waals surface area contributed by atoms with Gasteiger partial charge >= 0.3 is 0 Å². The number of hydrogen-bond acceptors (Lipinski definition) is 3. The molecule has 1 atom stereocenters. The van der Waals surface area contributed by atoms with E-state index in [1.54, 1.807) is 4.90 Å². The van der Waals surface area contributed by atoms with Gasteiger partial charge in [0.15, 0.2) is 0 Å². The van der Waals surface area contributed by atoms with E-state index in [2.05, 4.69) is 27.9 Å². The first-order chi connectivity index (χ1) is 11.0. The molecule has 0 N–H and O–H groups in total. The third-order valence-corrected chi connectivity index (χ3v) is 5.61. The average Bonchev–Trinajstić information content (AvgIpc) is 2.92. The second-order valence-electron chi connectivity index (χ2n) is 6.47. The molecule has 1 unspecified atom stereocenters. The lowest BCUT2D eigenvalue weighted by molar-refractivity contribution is -0.137. The first kappa shape index (κ1) is 16.5. The maximum Gasteiger partial charge on any atom is 0.228 e. The third-order valence-electron chi connectivity index (χ3n) is 4.76. The van der Waals surface area contributed by atoms with Crippen molar-refractivity contribution in [1.82, 2.24) is 9.80 Å². The highest BCUT2D eigenvalue weighted by Crippen LogP contribution is 2.29. The number of piperazine rings is 1. The van der Waals surface area contributed by atoms with E-state index < -0.39 is 0 Å². The molecule has 23 heavy (non-hydrogen) atoms. The highest BCUT2D eigenvalue weighted by Gasteiger charge is 2.37. The summed E-state index contributed by atoms with van der Waals surface area (Å²) in [5.41, 5.74) is 1.99. The van der Waals surface area contributed by atoms with Crippen molar-refractivity contribution in [2.24, 2.45) is 5.92 Å². The molecular weight excluding hydrogens is 358 g/mol. The van der Waals surface area contributed by atoms with E-state index in [-0.39, 0.29) is 17.7 Å². The van der Waals surface area contributed by atoms with Gasteiger partial charge in [-0.15, -0.1) is 0 Å². The molecule has 2 saturated heterocycles. The van der Waals surface area contributed by atoms with Crippen molar-refractivity contribution in [2.45, 2.75) is 13.3 Å². The van der Waals surface area contributed by atoms with Crippen LogP contribution >= 0.6 is 15.9 Å². The van der Waals surface area contributed by atoms with Gasteiger partial charge in [-0.3, -0.25) is 9.59 Å². The van der Waals surface area contributed by atoms with Crippen LogP contribution < -0.4 is 4.90 Å². The minimum atomic E-state index is -0.217. The Morgan fingerprint density at radius 3 is 2.57 bits per heavy atom. The number of likely N-dealkylation sites (N-methyl/N-ethyl adjacent to an activating group) is 1. The summed E-state index contributed by atoms with van der Waals surface area (Å²) in [4.78, 5) is 30.9. The Morgan fingerprint density at radius 1 is 1.22 bits per heavy atom. The van der Waals surface area contributed by atoms with Crippen molar-refractivity contribution in [1.29, 1.82) is 0 Å². The lowest BCUT2D eigenvalue weighted by Crippen LogP contribution is -2.49. The van der Waals surface area contributed by atoms with Crippen LogP contribution in [0.15, 0.2) is 22.7 Å². The largest absolute Gasteiger partial charge is 0.340 e. The van der Waals surface area contributed by atoms with Gasteiger partial charge in [0.25, 0.3) is 0 Å². The number of nitrogens with zero attached hydrogens (tertiary/aromatic N) is 3. The van der Waals surface area contributed by atoms with Crippen LogP contribution in [0, 0.1) is 12.8 Å². The average molecular weight is 380 g/mol. The smallest absolute Gasteiger partial charge is 0.228 e. The SMILES string of the molecule is Cc1ccc(N2CC(C(=O)N3CCN(C)CC3)CC2=O)cc1Br. The third kappa shape index (κ3) is 3.43. The number of amides is 2. The van der Waals surface area contributed by atoms with Crippen LogP contribution in [0.1, 0.15) is 12.0 Å². The molecule has 3 rings (SSSR count). The topological polar surface area (TPSA) is 43.9 Å². The predicted octanol–water partition coefficient (Wildman–Crippen LogP) is 1.88. The number of anilines is 1. The molecule has 0 aliphatic carbocycles. The zero-order chi connectivity index (χ0) is 16.6. The van der Waals surface area contributed by atoms with Crippen LogP contribution in [0.2, 0.25) is 0 Å². The Bertz CT molecular complexity index is 626. The summed E-state index contributed by atoms with van der Waals surface area (Å²) in [6, 6.07) is 5.89. The molecule has 2 fully saturated rings. The summed E-state index contributed by atoms with van der Waals surface area (Å²) in [5, 5.41) is 0. The highest BCUT2D eigenvalue weighted by atomic mass is 79.9. The number of carbonyl (C=O) groups excluding carboxylic acids is 2. The normalized spacial score (nSPS) is 22.7. The van der Waals surface area contributed by atoms with E-state index in [1.807, 2.05) is 30.0 Å². The zero-order valence-corrected chi connectivity index (χ0v) is 15.2. The van der Waals surface area contributed by atoms with Crippen molar-refractivity contribution < 1.29 is 9.59 Å². The van der Waals surface area contributed by atoms with Crippen LogP contribution in [0.4, 0.5) is 5.69 Å². The first-order valence-electron chi connectivity index (χ1n) is 7.99. The van der Waals surface area contributed by atoms with Gasteiger partial charge < -0.3 is 14.7 Å². The van der Waals surface area contributed by atoms with Crippen LogP contribution in [0.3, 0.4) is 0 Å². The molecule has 2 aliphatic rings. The Hall–Kier alpha value is -1.40. The molecule has 124 valence electrons. The molecule has 2 aliphatic heterocycles. The maximum atomic E-state index is 12.7. The summed E-state index contributed by atoms with van der Waals surface area (Å²) in [6.07, 6.45) is 0.316. The molecule has 0 saturated carbocycles. The highest BCUT2D eigenvalue weighted by molar-refractivity contribution is 9.10. The van der Waals surface area contributed by atoms with Crippen LogP contribution in [0.5, 0.6) is 0 Å². The van der Waals surface area contributed by atoms with Gasteiger partial charge in [0.2, 0.25) is 11.8 Å². The molecular formula is C17H22BrN3O2. The van der Waals surface area contributed by atoms with Gasteiger partial charge in [-0.05, 0) is 31.7 Å². The number of rotatable bonds is 2. The van der Waals surface area contributed by atoms with Gasteiger partial charge in [-0.1, -0.05) is 22.0 Å². The fraction of sp³-hybridized carbons (Fsp3) is 0.529. The number of aryl methyl sites for hydroxylation is 1. The summed E-state index contributed by atoms with van der Waals surface area (Å²) in [7, 11) is 2.07. The van der Waals surface area contributed by atoms with E-state index >= 15 is 0 Å². The molecule has 0 radical (unpaired) electrons. The van der Waals surface area contributed by atoms with Gasteiger partial charge in [0.05, 0.1) is 5.92 Å². The number of benzene rings is 1. The molecule has 1 aromatic carbocycles. The molecule has 6 heteroatoms. The summed E-state index contributed by atoms with van der Waals surface area (Å²) < 4.78 is 0.983. The summed E-state index contributed by atoms with van der Waals surface area (Å²) in [5.74, 6) is -0.0562. The number of halogens is 1. The van der Waals surface area contributed by atoms with E-state index in [9.17, 15) is 9.59 Å². The monoisotopic (exact) mass is 379 g/mol. The van der Waals surface area contributed by atoms with Crippen LogP contribution in [-0.4, -0.2) is 61.4 Å². The number of carbonyl (C=O) groups is 2. The maximum absolute atomic E-state index is 12.7. The van der Waals surface area contributed by atoms with Crippen molar-refractivity contribution >= 4 is 33.4 Å². The fourth-order valence-electron chi connectivity index (χ4n) is 3.16. The second-order valence-corrected chi connectivity index (χ2v) is 7.32. The minimum Gasteiger partial charge on any atom is -0.340 e. The first-order valence-corrected chi connectivity index (χ1v) is 8.79. The molecule has 0 bridgehead atoms. The Balaban J connectivity index is 1.69. The molecule has 2 amide bonds. The van der Waals surface area contributed by atoms with Crippen molar-refractivity contribution in [3.8, 4) is 0 Å². The lowest BCUT2D eigenvalue weighted by Gasteiger charge is -2.33. The van der Waals surface area contributed by atoms with Gasteiger partial charge in [-0.2, -0.15) is 0 Å². The van der Waals surface area contributed by atoms with Crippen molar-refractivity contribution in [3.05, 3.63) is 28.2 Å². The molecule has 5 nitrogen and oxygen atoms in total. The minimum absolute atomic E-state index is 0.0354. The number of hydrogen-bond donors (Lipinski definition) is 0. The lowest BCUT2D eigenvalue weighted by atomic mass is 10.1. The van der Waals surface area contributed by atoms with Gasteiger partial charge in [0, 0.05) is 49.3 Å². The van der Waals surface area contributed by atoms with E-state index in [0.717, 1.165) is 41.9 Å². The zero-order valence-electron chi connectivity index (χ0n) is 13.6. The molecule has 1 aromatic rings. The van der Waals surface area contributed by atoms with Gasteiger partial charge in [-0.25, -0.2) is 0 Å². The van der Waals surface area contributed by atoms with E-state index in [0.29, 0.717) is 13.0 Å². The van der Waals surface area contributed by atoms with Gasteiger partial charge in [0.1, 0.15) is 0 Å². The Morgan fingerprint density at radius 2 is 1.91 bits per heavy atom. The fourth-order valence-corrected chi connectivity index (χ4v) is 3.52. The van der Waals surface area contributed by atoms with Crippen LogP contribution in [-0.2, 0) is 9.59 Å². The van der Waals surface area contributed by atoms with Crippen molar-refractivity contribution in [2.75, 3.05) is 44.7 Å². The summed E-state index contributed by atoms with van der Waals surface area (Å²) in [6.45, 7) is 5.83. The molecule has 0 spiro atoms. The van der Waals surface area contributed by atoms with E-state index in [4.69, 9.17) is 0 Å². The summed E-state index contributed by atoms with van der Waals surface area (Å²) >= 11 is 3.51. The standard InChI is InChI=1S/C17H22BrN3O2/c1-12-3-4-14(10-15(12)18)21-11-13(9-16(21)22)17(23)20-7-5-19(2)6-8-20/h3-4,10,13H,5-9,11H2,1-2H3. The van der Waals surface area contributed by atoms with Crippen LogP contribution in [0.25, 0.3) is 0 Å². The second kappa shape index (κ2) is 6.61. The predicted molar refractivity (Wildman–Crippen MR) is 93.4 cm³/mol. The van der Waals surface area contributed by atoms with E-state index in [1.165, 1.54) is 0 Å². The Kier molecular flexibility index (Phi) is 4.73. The van der Waals surface area contributed by atoms with Crippen molar-refractivity contribution in [3.63, 3.8) is 0 Å². The Labute approximate surface area is 145 Å². The molecule has 0 aromatic heterocycles. The molecule has 2 heterocycles.